The number of aliphatic imine (C=N–C) groups is 1. The van der Waals surface area contributed by atoms with E-state index in [2.05, 4.69) is 22.0 Å². The lowest BCUT2D eigenvalue weighted by atomic mass is 9.86. The van der Waals surface area contributed by atoms with Crippen LogP contribution in [0.1, 0.15) is 58.3 Å². The van der Waals surface area contributed by atoms with Crippen LogP contribution in [0.4, 0.5) is 0 Å². The number of hydrogen-bond acceptors (Lipinski definition) is 2. The molecule has 0 aromatic carbocycles. The van der Waals surface area contributed by atoms with Gasteiger partial charge in [-0.3, -0.25) is 4.99 Å². The SMILES string of the molecule is CCNC(=NCC1CCN(C2CC2)C1)N1CCC2(CCCC2)C1. The molecule has 1 unspecified atom stereocenters. The summed E-state index contributed by atoms with van der Waals surface area (Å²) in [5, 5.41) is 3.56. The molecule has 1 N–H and O–H groups in total. The largest absolute Gasteiger partial charge is 0.357 e. The van der Waals surface area contributed by atoms with E-state index in [1.54, 1.807) is 0 Å². The number of rotatable bonds is 4. The first-order valence-electron chi connectivity index (χ1n) is 10.1. The fourth-order valence-corrected chi connectivity index (χ4v) is 5.07. The minimum Gasteiger partial charge on any atom is -0.357 e. The Bertz CT molecular complexity index is 437. The standard InChI is InChI=1S/C19H34N4/c1-2-20-18(23-12-10-19(15-23)8-3-4-9-19)21-13-16-7-11-22(14-16)17-5-6-17/h16-17H,2-15H2,1H3,(H,20,21). The molecule has 2 saturated heterocycles. The van der Waals surface area contributed by atoms with Gasteiger partial charge in [-0.1, -0.05) is 12.8 Å². The monoisotopic (exact) mass is 318 g/mol. The van der Waals surface area contributed by atoms with Crippen molar-refractivity contribution in [3.63, 3.8) is 0 Å². The van der Waals surface area contributed by atoms with Crippen LogP contribution in [-0.2, 0) is 0 Å². The van der Waals surface area contributed by atoms with Gasteiger partial charge in [0.2, 0.25) is 0 Å². The predicted molar refractivity (Wildman–Crippen MR) is 95.8 cm³/mol. The van der Waals surface area contributed by atoms with Crippen molar-refractivity contribution >= 4 is 5.96 Å². The Hall–Kier alpha value is -0.770. The molecule has 4 heteroatoms. The molecule has 2 heterocycles. The maximum absolute atomic E-state index is 5.05. The van der Waals surface area contributed by atoms with E-state index in [9.17, 15) is 0 Å². The van der Waals surface area contributed by atoms with Crippen LogP contribution in [0.2, 0.25) is 0 Å². The van der Waals surface area contributed by atoms with Gasteiger partial charge in [0.15, 0.2) is 5.96 Å². The highest BCUT2D eigenvalue weighted by Gasteiger charge is 2.41. The molecule has 130 valence electrons. The first-order chi connectivity index (χ1) is 11.3. The fraction of sp³-hybridized carbons (Fsp3) is 0.947. The summed E-state index contributed by atoms with van der Waals surface area (Å²) in [7, 11) is 0. The van der Waals surface area contributed by atoms with E-state index in [4.69, 9.17) is 4.99 Å². The second kappa shape index (κ2) is 6.62. The van der Waals surface area contributed by atoms with E-state index in [1.165, 1.54) is 83.5 Å². The van der Waals surface area contributed by atoms with Gasteiger partial charge in [0.1, 0.15) is 0 Å². The molecule has 0 aromatic rings. The zero-order valence-electron chi connectivity index (χ0n) is 14.9. The Balaban J connectivity index is 1.33. The molecule has 2 aliphatic carbocycles. The van der Waals surface area contributed by atoms with Crippen molar-refractivity contribution in [3.05, 3.63) is 0 Å². The lowest BCUT2D eigenvalue weighted by molar-refractivity contribution is 0.308. The highest BCUT2D eigenvalue weighted by atomic mass is 15.3. The summed E-state index contributed by atoms with van der Waals surface area (Å²) in [6.07, 6.45) is 11.4. The molecule has 4 fully saturated rings. The van der Waals surface area contributed by atoms with Crippen LogP contribution in [0.25, 0.3) is 0 Å². The van der Waals surface area contributed by atoms with Gasteiger partial charge in [-0.2, -0.15) is 0 Å². The summed E-state index contributed by atoms with van der Waals surface area (Å²) in [5.41, 5.74) is 0.631. The van der Waals surface area contributed by atoms with Crippen LogP contribution in [0.3, 0.4) is 0 Å². The van der Waals surface area contributed by atoms with Crippen molar-refractivity contribution in [1.82, 2.24) is 15.1 Å². The summed E-state index contributed by atoms with van der Waals surface area (Å²) in [5.74, 6) is 1.98. The topological polar surface area (TPSA) is 30.9 Å². The Morgan fingerprint density at radius 2 is 1.96 bits per heavy atom. The predicted octanol–water partition coefficient (Wildman–Crippen LogP) is 2.70. The molecule has 23 heavy (non-hydrogen) atoms. The molecule has 1 spiro atoms. The summed E-state index contributed by atoms with van der Waals surface area (Å²) in [6.45, 7) is 9.27. The number of likely N-dealkylation sites (tertiary alicyclic amines) is 2. The van der Waals surface area contributed by atoms with E-state index in [-0.39, 0.29) is 0 Å². The van der Waals surface area contributed by atoms with E-state index >= 15 is 0 Å². The van der Waals surface area contributed by atoms with Gasteiger partial charge in [-0.15, -0.1) is 0 Å². The Kier molecular flexibility index (Phi) is 4.53. The second-order valence-corrected chi connectivity index (χ2v) is 8.45. The van der Waals surface area contributed by atoms with Crippen LogP contribution in [-0.4, -0.2) is 61.1 Å². The molecule has 0 radical (unpaired) electrons. The van der Waals surface area contributed by atoms with Gasteiger partial charge in [0, 0.05) is 38.8 Å². The lowest BCUT2D eigenvalue weighted by Gasteiger charge is -2.26. The number of nitrogens with zero attached hydrogens (tertiary/aromatic N) is 3. The van der Waals surface area contributed by atoms with Crippen LogP contribution >= 0.6 is 0 Å². The van der Waals surface area contributed by atoms with Gasteiger partial charge in [-0.25, -0.2) is 0 Å². The highest BCUT2D eigenvalue weighted by Crippen LogP contribution is 2.45. The fourth-order valence-electron chi connectivity index (χ4n) is 5.07. The number of guanidine groups is 1. The maximum Gasteiger partial charge on any atom is 0.193 e. The van der Waals surface area contributed by atoms with Gasteiger partial charge in [0.25, 0.3) is 0 Å². The van der Waals surface area contributed by atoms with Crippen LogP contribution < -0.4 is 5.32 Å². The highest BCUT2D eigenvalue weighted by molar-refractivity contribution is 5.80. The van der Waals surface area contributed by atoms with Crippen molar-refractivity contribution in [2.75, 3.05) is 39.3 Å². The van der Waals surface area contributed by atoms with Crippen LogP contribution in [0.5, 0.6) is 0 Å². The molecule has 0 amide bonds. The third-order valence-electron chi connectivity index (χ3n) is 6.62. The molecule has 1 atom stereocenters. The minimum absolute atomic E-state index is 0.631. The summed E-state index contributed by atoms with van der Waals surface area (Å²) in [6, 6.07) is 0.929. The molecule has 2 saturated carbocycles. The third-order valence-corrected chi connectivity index (χ3v) is 6.62. The Morgan fingerprint density at radius 3 is 2.70 bits per heavy atom. The van der Waals surface area contributed by atoms with Gasteiger partial charge < -0.3 is 15.1 Å². The van der Waals surface area contributed by atoms with Crippen molar-refractivity contribution < 1.29 is 0 Å². The number of hydrogen-bond donors (Lipinski definition) is 1. The zero-order valence-corrected chi connectivity index (χ0v) is 14.9. The second-order valence-electron chi connectivity index (χ2n) is 8.45. The van der Waals surface area contributed by atoms with E-state index < -0.39 is 0 Å². The summed E-state index contributed by atoms with van der Waals surface area (Å²) >= 11 is 0. The van der Waals surface area contributed by atoms with Crippen LogP contribution in [0, 0.1) is 11.3 Å². The normalized spacial score (nSPS) is 31.4. The molecule has 0 bridgehead atoms. The van der Waals surface area contributed by atoms with Crippen molar-refractivity contribution in [1.29, 1.82) is 0 Å². The minimum atomic E-state index is 0.631. The quantitative estimate of drug-likeness (QED) is 0.639. The summed E-state index contributed by atoms with van der Waals surface area (Å²) in [4.78, 5) is 10.3. The summed E-state index contributed by atoms with van der Waals surface area (Å²) < 4.78 is 0. The first kappa shape index (κ1) is 15.7. The van der Waals surface area contributed by atoms with Crippen molar-refractivity contribution in [2.45, 2.75) is 64.3 Å². The smallest absolute Gasteiger partial charge is 0.193 e. The molecule has 4 rings (SSSR count). The third kappa shape index (κ3) is 3.52. The first-order valence-corrected chi connectivity index (χ1v) is 10.1. The zero-order chi connectivity index (χ0) is 15.7. The lowest BCUT2D eigenvalue weighted by Crippen LogP contribution is -2.41. The molecular weight excluding hydrogens is 284 g/mol. The van der Waals surface area contributed by atoms with Crippen molar-refractivity contribution in [2.24, 2.45) is 16.3 Å². The van der Waals surface area contributed by atoms with Crippen molar-refractivity contribution in [3.8, 4) is 0 Å². The average Bonchev–Trinajstić information content (AvgIpc) is 3.00. The molecule has 4 nitrogen and oxygen atoms in total. The van der Waals surface area contributed by atoms with Gasteiger partial charge >= 0.3 is 0 Å². The molecular formula is C19H34N4. The van der Waals surface area contributed by atoms with E-state index in [0.29, 0.717) is 5.41 Å². The molecule has 4 aliphatic rings. The Morgan fingerprint density at radius 1 is 1.13 bits per heavy atom. The van der Waals surface area contributed by atoms with Crippen LogP contribution in [0.15, 0.2) is 4.99 Å². The maximum atomic E-state index is 5.05. The molecule has 0 aromatic heterocycles. The molecule has 2 aliphatic heterocycles. The number of nitrogens with one attached hydrogen (secondary N) is 1. The van der Waals surface area contributed by atoms with Gasteiger partial charge in [0.05, 0.1) is 0 Å². The van der Waals surface area contributed by atoms with E-state index in [0.717, 1.165) is 25.0 Å². The van der Waals surface area contributed by atoms with Gasteiger partial charge in [-0.05, 0) is 63.3 Å². The Labute approximate surface area is 141 Å². The van der Waals surface area contributed by atoms with E-state index in [1.807, 2.05) is 0 Å². The average molecular weight is 319 g/mol.